The molecule has 0 aliphatic heterocycles. The highest BCUT2D eigenvalue weighted by Gasteiger charge is 2.12. The van der Waals surface area contributed by atoms with Gasteiger partial charge in [-0.1, -0.05) is 26.0 Å². The summed E-state index contributed by atoms with van der Waals surface area (Å²) in [6, 6.07) is 10.7. The SMILES string of the molecule is Cc1cc(OCCCC(=O)Nc2ccc(C)c([N+](=O)[O-])c2)ccc1C(C)C. The molecule has 144 valence electrons. The highest BCUT2D eigenvalue weighted by molar-refractivity contribution is 5.91. The molecule has 27 heavy (non-hydrogen) atoms. The summed E-state index contributed by atoms with van der Waals surface area (Å²) >= 11 is 0. The number of aryl methyl sites for hydroxylation is 2. The Morgan fingerprint density at radius 3 is 2.52 bits per heavy atom. The minimum Gasteiger partial charge on any atom is -0.494 e. The Hall–Kier alpha value is -2.89. The number of hydrogen-bond acceptors (Lipinski definition) is 4. The van der Waals surface area contributed by atoms with Crippen LogP contribution in [0.5, 0.6) is 5.75 Å². The number of hydrogen-bond donors (Lipinski definition) is 1. The molecule has 0 saturated heterocycles. The molecular weight excluding hydrogens is 344 g/mol. The number of rotatable bonds is 8. The number of benzene rings is 2. The first-order valence-electron chi connectivity index (χ1n) is 9.06. The highest BCUT2D eigenvalue weighted by atomic mass is 16.6. The van der Waals surface area contributed by atoms with E-state index in [9.17, 15) is 14.9 Å². The van der Waals surface area contributed by atoms with E-state index in [1.807, 2.05) is 12.1 Å². The topological polar surface area (TPSA) is 81.5 Å². The van der Waals surface area contributed by atoms with Crippen molar-refractivity contribution >= 4 is 17.3 Å². The van der Waals surface area contributed by atoms with Gasteiger partial charge in [0.15, 0.2) is 0 Å². The third-order valence-electron chi connectivity index (χ3n) is 4.37. The number of amides is 1. The van der Waals surface area contributed by atoms with Crippen molar-refractivity contribution in [1.29, 1.82) is 0 Å². The summed E-state index contributed by atoms with van der Waals surface area (Å²) in [4.78, 5) is 22.5. The molecule has 6 heteroatoms. The Bertz CT molecular complexity index is 831. The van der Waals surface area contributed by atoms with Crippen molar-refractivity contribution in [1.82, 2.24) is 0 Å². The summed E-state index contributed by atoms with van der Waals surface area (Å²) in [5.41, 5.74) is 3.48. The van der Waals surface area contributed by atoms with Gasteiger partial charge in [0.25, 0.3) is 5.69 Å². The van der Waals surface area contributed by atoms with E-state index in [1.165, 1.54) is 17.2 Å². The van der Waals surface area contributed by atoms with Gasteiger partial charge in [-0.3, -0.25) is 14.9 Å². The second kappa shape index (κ2) is 9.16. The summed E-state index contributed by atoms with van der Waals surface area (Å²) in [7, 11) is 0. The van der Waals surface area contributed by atoms with Crippen LogP contribution in [0.2, 0.25) is 0 Å². The normalized spacial score (nSPS) is 10.7. The van der Waals surface area contributed by atoms with Gasteiger partial charge in [0.1, 0.15) is 5.75 Å². The fourth-order valence-electron chi connectivity index (χ4n) is 2.92. The van der Waals surface area contributed by atoms with Gasteiger partial charge in [-0.25, -0.2) is 0 Å². The van der Waals surface area contributed by atoms with Crippen LogP contribution in [0.1, 0.15) is 49.3 Å². The molecule has 0 saturated carbocycles. The molecule has 6 nitrogen and oxygen atoms in total. The van der Waals surface area contributed by atoms with Crippen LogP contribution >= 0.6 is 0 Å². The minimum absolute atomic E-state index is 0.00338. The summed E-state index contributed by atoms with van der Waals surface area (Å²) in [5.74, 6) is 1.08. The van der Waals surface area contributed by atoms with E-state index in [4.69, 9.17) is 4.74 Å². The molecule has 1 N–H and O–H groups in total. The Kier molecular flexibility index (Phi) is 6.93. The average Bonchev–Trinajstić information content (AvgIpc) is 2.60. The van der Waals surface area contributed by atoms with Crippen molar-refractivity contribution in [3.8, 4) is 5.75 Å². The number of nitrogens with zero attached hydrogens (tertiary/aromatic N) is 1. The van der Waals surface area contributed by atoms with Crippen LogP contribution in [0.3, 0.4) is 0 Å². The number of nitrogens with one attached hydrogen (secondary N) is 1. The first kappa shape index (κ1) is 20.4. The van der Waals surface area contributed by atoms with Gasteiger partial charge in [-0.2, -0.15) is 0 Å². The van der Waals surface area contributed by atoms with Gasteiger partial charge < -0.3 is 10.1 Å². The average molecular weight is 370 g/mol. The molecular formula is C21H26N2O4. The Morgan fingerprint density at radius 2 is 1.89 bits per heavy atom. The molecule has 0 atom stereocenters. The molecule has 0 heterocycles. The highest BCUT2D eigenvalue weighted by Crippen LogP contribution is 2.24. The molecule has 0 aliphatic rings. The lowest BCUT2D eigenvalue weighted by Gasteiger charge is -2.12. The maximum atomic E-state index is 12.0. The number of nitro groups is 1. The number of carbonyl (C=O) groups excluding carboxylic acids is 1. The lowest BCUT2D eigenvalue weighted by Crippen LogP contribution is -2.13. The number of ether oxygens (including phenoxy) is 1. The van der Waals surface area contributed by atoms with Crippen LogP contribution in [0, 0.1) is 24.0 Å². The molecule has 0 fully saturated rings. The summed E-state index contributed by atoms with van der Waals surface area (Å²) in [5, 5.41) is 13.7. The molecule has 0 unspecified atom stereocenters. The van der Waals surface area contributed by atoms with Crippen molar-refractivity contribution in [3.05, 3.63) is 63.2 Å². The van der Waals surface area contributed by atoms with E-state index in [0.717, 1.165) is 5.75 Å². The minimum atomic E-state index is -0.453. The van der Waals surface area contributed by atoms with Crippen molar-refractivity contribution in [2.24, 2.45) is 0 Å². The van der Waals surface area contributed by atoms with Crippen LogP contribution in [-0.2, 0) is 4.79 Å². The number of nitro benzene ring substituents is 1. The largest absolute Gasteiger partial charge is 0.494 e. The number of carbonyl (C=O) groups is 1. The molecule has 2 aromatic rings. The molecule has 0 bridgehead atoms. The molecule has 1 amide bonds. The first-order chi connectivity index (χ1) is 12.8. The van der Waals surface area contributed by atoms with Crippen LogP contribution in [0.4, 0.5) is 11.4 Å². The number of anilines is 1. The van der Waals surface area contributed by atoms with Gasteiger partial charge in [0.05, 0.1) is 11.5 Å². The maximum Gasteiger partial charge on any atom is 0.274 e. The Balaban J connectivity index is 1.80. The van der Waals surface area contributed by atoms with Gasteiger partial charge >= 0.3 is 0 Å². The Morgan fingerprint density at radius 1 is 1.15 bits per heavy atom. The zero-order chi connectivity index (χ0) is 20.0. The molecule has 0 radical (unpaired) electrons. The molecule has 0 aromatic heterocycles. The van der Waals surface area contributed by atoms with E-state index in [1.54, 1.807) is 19.1 Å². The van der Waals surface area contributed by atoms with Crippen molar-refractivity contribution in [2.45, 2.75) is 46.5 Å². The predicted molar refractivity (Wildman–Crippen MR) is 106 cm³/mol. The van der Waals surface area contributed by atoms with E-state index in [2.05, 4.69) is 32.2 Å². The zero-order valence-electron chi connectivity index (χ0n) is 16.2. The summed E-state index contributed by atoms with van der Waals surface area (Å²) < 4.78 is 5.72. The van der Waals surface area contributed by atoms with E-state index < -0.39 is 4.92 Å². The Labute approximate surface area is 159 Å². The van der Waals surface area contributed by atoms with Gasteiger partial charge in [-0.05, 0) is 55.5 Å². The quantitative estimate of drug-likeness (QED) is 0.397. The monoisotopic (exact) mass is 370 g/mol. The molecule has 0 spiro atoms. The summed E-state index contributed by atoms with van der Waals surface area (Å²) in [6.45, 7) is 8.48. The van der Waals surface area contributed by atoms with Crippen LogP contribution in [0.25, 0.3) is 0 Å². The molecule has 2 rings (SSSR count). The van der Waals surface area contributed by atoms with Gasteiger partial charge in [-0.15, -0.1) is 0 Å². The molecule has 2 aromatic carbocycles. The van der Waals surface area contributed by atoms with Crippen molar-refractivity contribution in [3.63, 3.8) is 0 Å². The first-order valence-corrected chi connectivity index (χ1v) is 9.06. The lowest BCUT2D eigenvalue weighted by molar-refractivity contribution is -0.385. The fourth-order valence-corrected chi connectivity index (χ4v) is 2.92. The second-order valence-corrected chi connectivity index (χ2v) is 6.93. The van der Waals surface area contributed by atoms with E-state index in [0.29, 0.717) is 30.2 Å². The maximum absolute atomic E-state index is 12.0. The van der Waals surface area contributed by atoms with Crippen LogP contribution < -0.4 is 10.1 Å². The molecule has 0 aliphatic carbocycles. The lowest BCUT2D eigenvalue weighted by atomic mass is 9.98. The smallest absolute Gasteiger partial charge is 0.274 e. The van der Waals surface area contributed by atoms with E-state index in [-0.39, 0.29) is 18.0 Å². The van der Waals surface area contributed by atoms with Crippen LogP contribution in [-0.4, -0.2) is 17.4 Å². The van der Waals surface area contributed by atoms with E-state index >= 15 is 0 Å². The predicted octanol–water partition coefficient (Wildman–Crippen LogP) is 5.13. The second-order valence-electron chi connectivity index (χ2n) is 6.93. The zero-order valence-corrected chi connectivity index (χ0v) is 16.2. The fraction of sp³-hybridized carbons (Fsp3) is 0.381. The third kappa shape index (κ3) is 5.81. The van der Waals surface area contributed by atoms with Crippen LogP contribution in [0.15, 0.2) is 36.4 Å². The van der Waals surface area contributed by atoms with Gasteiger partial charge in [0, 0.05) is 23.7 Å². The van der Waals surface area contributed by atoms with Crippen molar-refractivity contribution in [2.75, 3.05) is 11.9 Å². The standard InChI is InChI=1S/C21H26N2O4/c1-14(2)19-10-9-18(12-16(19)4)27-11-5-6-21(24)22-17-8-7-15(3)20(13-17)23(25)26/h7-10,12-14H,5-6,11H2,1-4H3,(H,22,24). The summed E-state index contributed by atoms with van der Waals surface area (Å²) in [6.07, 6.45) is 0.843. The third-order valence-corrected chi connectivity index (χ3v) is 4.37. The van der Waals surface area contributed by atoms with Crippen molar-refractivity contribution < 1.29 is 14.5 Å². The van der Waals surface area contributed by atoms with Gasteiger partial charge in [0.2, 0.25) is 5.91 Å².